The van der Waals surface area contributed by atoms with Crippen LogP contribution in [0.2, 0.25) is 0 Å². The van der Waals surface area contributed by atoms with Crippen molar-refractivity contribution in [1.29, 1.82) is 0 Å². The first-order chi connectivity index (χ1) is 9.59. The minimum Gasteiger partial charge on any atom is -0.300 e. The largest absolute Gasteiger partial charge is 0.300 e. The molecule has 4 aliphatic rings. The molecule has 0 aromatic rings. The third kappa shape index (κ3) is 1.71. The van der Waals surface area contributed by atoms with Crippen LogP contribution < -0.4 is 0 Å². The number of allylic oxidation sites excluding steroid dienone is 2. The first kappa shape index (κ1) is 13.1. The van der Waals surface area contributed by atoms with Gasteiger partial charge in [0.15, 0.2) is 0 Å². The summed E-state index contributed by atoms with van der Waals surface area (Å²) >= 11 is 0. The van der Waals surface area contributed by atoms with E-state index in [0.717, 1.165) is 30.6 Å². The zero-order chi connectivity index (χ0) is 13.9. The van der Waals surface area contributed by atoms with Gasteiger partial charge in [0.2, 0.25) is 0 Å². The molecule has 0 aliphatic heterocycles. The van der Waals surface area contributed by atoms with Crippen molar-refractivity contribution in [3.63, 3.8) is 0 Å². The summed E-state index contributed by atoms with van der Waals surface area (Å²) in [5, 5.41) is 0. The molecule has 4 rings (SSSR count). The topological polar surface area (TPSA) is 17.1 Å². The number of Topliss-reactive ketones (excluding diaryl/α,β-unsaturated/α-hetero) is 1. The molecule has 0 aromatic heterocycles. The third-order valence-corrected chi connectivity index (χ3v) is 7.63. The quantitative estimate of drug-likeness (QED) is 0.573. The van der Waals surface area contributed by atoms with Crippen molar-refractivity contribution in [2.75, 3.05) is 0 Å². The van der Waals surface area contributed by atoms with E-state index in [0.29, 0.717) is 17.1 Å². The number of ketones is 1. The Morgan fingerprint density at radius 3 is 2.75 bits per heavy atom. The molecule has 5 atom stereocenters. The van der Waals surface area contributed by atoms with Gasteiger partial charge in [-0.1, -0.05) is 18.1 Å². The van der Waals surface area contributed by atoms with E-state index in [1.165, 1.54) is 44.9 Å². The van der Waals surface area contributed by atoms with E-state index in [-0.39, 0.29) is 0 Å². The van der Waals surface area contributed by atoms with Gasteiger partial charge < -0.3 is 0 Å². The molecule has 20 heavy (non-hydrogen) atoms. The number of rotatable bonds is 0. The fourth-order valence-corrected chi connectivity index (χ4v) is 6.46. The smallest absolute Gasteiger partial charge is 0.133 e. The van der Waals surface area contributed by atoms with Gasteiger partial charge >= 0.3 is 0 Å². The Balaban J connectivity index is 1.64. The summed E-state index contributed by atoms with van der Waals surface area (Å²) in [5.74, 6) is 4.03. The minimum absolute atomic E-state index is 0.485. The Labute approximate surface area is 123 Å². The lowest BCUT2D eigenvalue weighted by Gasteiger charge is -2.57. The van der Waals surface area contributed by atoms with Gasteiger partial charge in [-0.15, -0.1) is 0 Å². The SMILES string of the molecule is CC1=C2CC[C@@H]3[C@H](CC[C@H]4CC(=O)CC[C@@]43C)[C@@H]2CC1. The van der Waals surface area contributed by atoms with E-state index >= 15 is 0 Å². The monoisotopic (exact) mass is 272 g/mol. The first-order valence-electron chi connectivity index (χ1n) is 8.80. The van der Waals surface area contributed by atoms with Crippen LogP contribution in [0.15, 0.2) is 11.1 Å². The summed E-state index contributed by atoms with van der Waals surface area (Å²) in [6.07, 6.45) is 11.2. The lowest BCUT2D eigenvalue weighted by atomic mass is 9.48. The molecule has 3 fully saturated rings. The van der Waals surface area contributed by atoms with E-state index < -0.39 is 0 Å². The van der Waals surface area contributed by atoms with Crippen molar-refractivity contribution in [2.45, 2.75) is 71.6 Å². The van der Waals surface area contributed by atoms with Crippen LogP contribution in [0.4, 0.5) is 0 Å². The number of hydrogen-bond donors (Lipinski definition) is 0. The number of carbonyl (C=O) groups excluding carboxylic acids is 1. The minimum atomic E-state index is 0.485. The molecule has 0 unspecified atom stereocenters. The summed E-state index contributed by atoms with van der Waals surface area (Å²) in [6.45, 7) is 4.92. The zero-order valence-corrected chi connectivity index (χ0v) is 13.1. The van der Waals surface area contributed by atoms with Crippen molar-refractivity contribution < 1.29 is 4.79 Å². The second kappa shape index (κ2) is 4.45. The second-order valence-corrected chi connectivity index (χ2v) is 8.28. The van der Waals surface area contributed by atoms with Crippen molar-refractivity contribution in [3.8, 4) is 0 Å². The van der Waals surface area contributed by atoms with Gasteiger partial charge in [-0.05, 0) is 81.0 Å². The van der Waals surface area contributed by atoms with Crippen LogP contribution in [-0.4, -0.2) is 5.78 Å². The average Bonchev–Trinajstić information content (AvgIpc) is 2.82. The van der Waals surface area contributed by atoms with Crippen molar-refractivity contribution in [2.24, 2.45) is 29.1 Å². The van der Waals surface area contributed by atoms with Gasteiger partial charge in [0.25, 0.3) is 0 Å². The molecule has 1 heteroatoms. The average molecular weight is 272 g/mol. The van der Waals surface area contributed by atoms with Crippen LogP contribution in [-0.2, 0) is 4.79 Å². The highest BCUT2D eigenvalue weighted by molar-refractivity contribution is 5.79. The van der Waals surface area contributed by atoms with E-state index in [4.69, 9.17) is 0 Å². The van der Waals surface area contributed by atoms with Crippen LogP contribution in [0.1, 0.15) is 71.6 Å². The number of hydrogen-bond acceptors (Lipinski definition) is 1. The van der Waals surface area contributed by atoms with E-state index in [9.17, 15) is 4.79 Å². The molecule has 4 aliphatic carbocycles. The van der Waals surface area contributed by atoms with Crippen LogP contribution in [0, 0.1) is 29.1 Å². The van der Waals surface area contributed by atoms with Crippen LogP contribution >= 0.6 is 0 Å². The molecular weight excluding hydrogens is 244 g/mol. The summed E-state index contributed by atoms with van der Waals surface area (Å²) in [6, 6.07) is 0. The normalized spacial score (nSPS) is 47.8. The van der Waals surface area contributed by atoms with Crippen LogP contribution in [0.5, 0.6) is 0 Å². The summed E-state index contributed by atoms with van der Waals surface area (Å²) in [5.41, 5.74) is 4.05. The molecule has 0 spiro atoms. The second-order valence-electron chi connectivity index (χ2n) is 8.28. The van der Waals surface area contributed by atoms with E-state index in [1.807, 2.05) is 5.57 Å². The van der Waals surface area contributed by atoms with Gasteiger partial charge in [-0.25, -0.2) is 0 Å². The molecule has 0 saturated heterocycles. The predicted octanol–water partition coefficient (Wildman–Crippen LogP) is 4.91. The maximum atomic E-state index is 11.8. The Kier molecular flexibility index (Phi) is 2.91. The van der Waals surface area contributed by atoms with Crippen LogP contribution in [0.3, 0.4) is 0 Å². The molecule has 1 nitrogen and oxygen atoms in total. The molecule has 110 valence electrons. The standard InChI is InChI=1S/C19H28O/c1-12-3-5-16-15(12)7-8-18-17(16)6-4-13-11-14(20)9-10-19(13,18)2/h13,16-18H,3-11H2,1-2H3/t13-,16+,17+,18+,19-/m0/s1. The summed E-state index contributed by atoms with van der Waals surface area (Å²) in [7, 11) is 0. The fourth-order valence-electron chi connectivity index (χ4n) is 6.46. The van der Waals surface area contributed by atoms with Crippen molar-refractivity contribution in [1.82, 2.24) is 0 Å². The molecule has 3 saturated carbocycles. The van der Waals surface area contributed by atoms with Crippen LogP contribution in [0.25, 0.3) is 0 Å². The highest BCUT2D eigenvalue weighted by Gasteiger charge is 2.54. The van der Waals surface area contributed by atoms with Gasteiger partial charge in [-0.3, -0.25) is 4.79 Å². The van der Waals surface area contributed by atoms with Crippen molar-refractivity contribution in [3.05, 3.63) is 11.1 Å². The maximum absolute atomic E-state index is 11.8. The number of carbonyl (C=O) groups is 1. The lowest BCUT2D eigenvalue weighted by Crippen LogP contribution is -2.50. The Morgan fingerprint density at radius 1 is 1.05 bits per heavy atom. The van der Waals surface area contributed by atoms with Crippen molar-refractivity contribution >= 4 is 5.78 Å². The highest BCUT2D eigenvalue weighted by atomic mass is 16.1. The van der Waals surface area contributed by atoms with Gasteiger partial charge in [0, 0.05) is 12.8 Å². The number of fused-ring (bicyclic) bond motifs is 5. The molecular formula is C19H28O. The Bertz CT molecular complexity index is 474. The van der Waals surface area contributed by atoms with Gasteiger partial charge in [0.05, 0.1) is 0 Å². The highest BCUT2D eigenvalue weighted by Crippen LogP contribution is 2.62. The molecule has 0 bridgehead atoms. The fraction of sp³-hybridized carbons (Fsp3) is 0.842. The zero-order valence-electron chi connectivity index (χ0n) is 13.1. The molecule has 0 radical (unpaired) electrons. The molecule has 0 aromatic carbocycles. The Morgan fingerprint density at radius 2 is 1.90 bits per heavy atom. The van der Waals surface area contributed by atoms with Gasteiger partial charge in [0.1, 0.15) is 5.78 Å². The summed E-state index contributed by atoms with van der Waals surface area (Å²) in [4.78, 5) is 11.8. The maximum Gasteiger partial charge on any atom is 0.133 e. The summed E-state index contributed by atoms with van der Waals surface area (Å²) < 4.78 is 0. The van der Waals surface area contributed by atoms with E-state index in [2.05, 4.69) is 13.8 Å². The lowest BCUT2D eigenvalue weighted by molar-refractivity contribution is -0.132. The van der Waals surface area contributed by atoms with E-state index in [1.54, 1.807) is 5.57 Å². The molecule has 0 heterocycles. The molecule has 0 N–H and O–H groups in total. The molecule has 0 amide bonds. The third-order valence-electron chi connectivity index (χ3n) is 7.63. The first-order valence-corrected chi connectivity index (χ1v) is 8.80. The predicted molar refractivity (Wildman–Crippen MR) is 81.3 cm³/mol. The van der Waals surface area contributed by atoms with Gasteiger partial charge in [-0.2, -0.15) is 0 Å². The Hall–Kier alpha value is -0.590.